The van der Waals surface area contributed by atoms with E-state index in [-0.39, 0.29) is 5.91 Å². The van der Waals surface area contributed by atoms with Gasteiger partial charge < -0.3 is 14.8 Å². The second-order valence-corrected chi connectivity index (χ2v) is 5.53. The first-order chi connectivity index (χ1) is 11.0. The number of benzene rings is 2. The standard InChI is InChI=1S/C19H23NO3/c1-14-7-9-17(10-8-14)23-16(3)19(21)20-11-12-22-18-6-4-5-15(2)13-18/h4-10,13,16H,11-12H2,1-3H3,(H,20,21)/t16-/m0/s1. The largest absolute Gasteiger partial charge is 0.492 e. The lowest BCUT2D eigenvalue weighted by atomic mass is 10.2. The van der Waals surface area contributed by atoms with Crippen LogP contribution in [0, 0.1) is 13.8 Å². The van der Waals surface area contributed by atoms with Gasteiger partial charge in [-0.3, -0.25) is 4.79 Å². The van der Waals surface area contributed by atoms with Crippen LogP contribution in [0.1, 0.15) is 18.1 Å². The van der Waals surface area contributed by atoms with Crippen LogP contribution in [0.2, 0.25) is 0 Å². The molecular weight excluding hydrogens is 290 g/mol. The number of hydrogen-bond acceptors (Lipinski definition) is 3. The Morgan fingerprint density at radius 1 is 1.04 bits per heavy atom. The zero-order chi connectivity index (χ0) is 16.7. The van der Waals surface area contributed by atoms with E-state index in [1.165, 1.54) is 0 Å². The van der Waals surface area contributed by atoms with Crippen molar-refractivity contribution in [3.8, 4) is 11.5 Å². The van der Waals surface area contributed by atoms with Crippen molar-refractivity contribution in [3.63, 3.8) is 0 Å². The van der Waals surface area contributed by atoms with E-state index in [1.54, 1.807) is 6.92 Å². The van der Waals surface area contributed by atoms with E-state index in [1.807, 2.05) is 62.4 Å². The fourth-order valence-corrected chi connectivity index (χ4v) is 2.07. The summed E-state index contributed by atoms with van der Waals surface area (Å²) in [5.41, 5.74) is 2.30. The number of rotatable bonds is 7. The number of hydrogen-bond donors (Lipinski definition) is 1. The first-order valence-corrected chi connectivity index (χ1v) is 7.75. The molecule has 0 saturated carbocycles. The van der Waals surface area contributed by atoms with E-state index in [2.05, 4.69) is 5.32 Å². The Labute approximate surface area is 137 Å². The van der Waals surface area contributed by atoms with Gasteiger partial charge >= 0.3 is 0 Å². The van der Waals surface area contributed by atoms with Crippen molar-refractivity contribution in [2.75, 3.05) is 13.2 Å². The van der Waals surface area contributed by atoms with E-state index in [4.69, 9.17) is 9.47 Å². The smallest absolute Gasteiger partial charge is 0.260 e. The molecule has 1 N–H and O–H groups in total. The Balaban J connectivity index is 1.70. The summed E-state index contributed by atoms with van der Waals surface area (Å²) in [5, 5.41) is 2.81. The first-order valence-electron chi connectivity index (χ1n) is 7.75. The minimum Gasteiger partial charge on any atom is -0.492 e. The predicted molar refractivity (Wildman–Crippen MR) is 91.0 cm³/mol. The average molecular weight is 313 g/mol. The number of aryl methyl sites for hydroxylation is 2. The molecule has 2 aromatic carbocycles. The van der Waals surface area contributed by atoms with Gasteiger partial charge in [0.25, 0.3) is 5.91 Å². The summed E-state index contributed by atoms with van der Waals surface area (Å²) in [6.45, 7) is 6.62. The van der Waals surface area contributed by atoms with Gasteiger partial charge in [0.1, 0.15) is 18.1 Å². The van der Waals surface area contributed by atoms with Crippen molar-refractivity contribution in [2.45, 2.75) is 26.9 Å². The lowest BCUT2D eigenvalue weighted by Crippen LogP contribution is -2.38. The zero-order valence-electron chi connectivity index (χ0n) is 13.8. The van der Waals surface area contributed by atoms with Gasteiger partial charge in [0, 0.05) is 0 Å². The van der Waals surface area contributed by atoms with E-state index in [0.29, 0.717) is 18.9 Å². The van der Waals surface area contributed by atoms with Crippen LogP contribution < -0.4 is 14.8 Å². The topological polar surface area (TPSA) is 47.6 Å². The first kappa shape index (κ1) is 16.9. The van der Waals surface area contributed by atoms with E-state index in [9.17, 15) is 4.79 Å². The third-order valence-corrected chi connectivity index (χ3v) is 3.36. The highest BCUT2D eigenvalue weighted by atomic mass is 16.5. The van der Waals surface area contributed by atoms with Gasteiger partial charge in [-0.15, -0.1) is 0 Å². The molecule has 0 saturated heterocycles. The molecule has 1 amide bonds. The monoisotopic (exact) mass is 313 g/mol. The highest BCUT2D eigenvalue weighted by Crippen LogP contribution is 2.13. The molecule has 122 valence electrons. The zero-order valence-corrected chi connectivity index (χ0v) is 13.8. The summed E-state index contributed by atoms with van der Waals surface area (Å²) in [6, 6.07) is 15.5. The second kappa shape index (κ2) is 8.22. The quantitative estimate of drug-likeness (QED) is 0.798. The van der Waals surface area contributed by atoms with Crippen LogP contribution in [0.5, 0.6) is 11.5 Å². The number of carbonyl (C=O) groups excluding carboxylic acids is 1. The Bertz CT molecular complexity index is 637. The number of nitrogens with one attached hydrogen (secondary N) is 1. The maximum absolute atomic E-state index is 12.0. The molecule has 0 aliphatic rings. The van der Waals surface area contributed by atoms with Crippen LogP contribution in [0.25, 0.3) is 0 Å². The average Bonchev–Trinajstić information content (AvgIpc) is 2.53. The van der Waals surface area contributed by atoms with Crippen molar-refractivity contribution in [1.29, 1.82) is 0 Å². The van der Waals surface area contributed by atoms with Crippen molar-refractivity contribution < 1.29 is 14.3 Å². The molecule has 0 bridgehead atoms. The fraction of sp³-hybridized carbons (Fsp3) is 0.316. The Hall–Kier alpha value is -2.49. The summed E-state index contributed by atoms with van der Waals surface area (Å²) in [5.74, 6) is 1.34. The number of carbonyl (C=O) groups is 1. The van der Waals surface area contributed by atoms with Gasteiger partial charge in [-0.25, -0.2) is 0 Å². The lowest BCUT2D eigenvalue weighted by Gasteiger charge is -2.15. The molecule has 2 rings (SSSR count). The van der Waals surface area contributed by atoms with Crippen LogP contribution in [-0.4, -0.2) is 25.2 Å². The Morgan fingerprint density at radius 3 is 2.48 bits per heavy atom. The molecule has 0 fully saturated rings. The SMILES string of the molecule is Cc1ccc(O[C@@H](C)C(=O)NCCOc2cccc(C)c2)cc1. The van der Waals surface area contributed by atoms with Gasteiger partial charge in [0.2, 0.25) is 0 Å². The van der Waals surface area contributed by atoms with Gasteiger partial charge in [-0.1, -0.05) is 29.8 Å². The Morgan fingerprint density at radius 2 is 1.78 bits per heavy atom. The maximum atomic E-state index is 12.0. The summed E-state index contributed by atoms with van der Waals surface area (Å²) < 4.78 is 11.2. The van der Waals surface area contributed by atoms with Crippen molar-refractivity contribution in [3.05, 3.63) is 59.7 Å². The van der Waals surface area contributed by atoms with E-state index in [0.717, 1.165) is 16.9 Å². The molecule has 0 radical (unpaired) electrons. The summed E-state index contributed by atoms with van der Waals surface area (Å²) >= 11 is 0. The molecule has 0 aliphatic heterocycles. The number of ether oxygens (including phenoxy) is 2. The van der Waals surface area contributed by atoms with Crippen LogP contribution in [-0.2, 0) is 4.79 Å². The Kier molecular flexibility index (Phi) is 6.03. The molecule has 0 unspecified atom stereocenters. The highest BCUT2D eigenvalue weighted by molar-refractivity contribution is 5.80. The molecule has 23 heavy (non-hydrogen) atoms. The van der Waals surface area contributed by atoms with Gasteiger partial charge in [0.15, 0.2) is 6.10 Å². The van der Waals surface area contributed by atoms with Crippen LogP contribution in [0.15, 0.2) is 48.5 Å². The minimum absolute atomic E-state index is 0.154. The fourth-order valence-electron chi connectivity index (χ4n) is 2.07. The third kappa shape index (κ3) is 5.66. The van der Waals surface area contributed by atoms with Gasteiger partial charge in [0.05, 0.1) is 6.54 Å². The molecule has 0 heterocycles. The molecule has 4 nitrogen and oxygen atoms in total. The summed E-state index contributed by atoms with van der Waals surface area (Å²) in [6.07, 6.45) is -0.545. The van der Waals surface area contributed by atoms with E-state index >= 15 is 0 Å². The minimum atomic E-state index is -0.545. The molecular formula is C19H23NO3. The van der Waals surface area contributed by atoms with Gasteiger partial charge in [-0.2, -0.15) is 0 Å². The number of amides is 1. The van der Waals surface area contributed by atoms with Crippen molar-refractivity contribution in [2.24, 2.45) is 0 Å². The molecule has 0 aliphatic carbocycles. The summed E-state index contributed by atoms with van der Waals surface area (Å²) in [4.78, 5) is 12.0. The van der Waals surface area contributed by atoms with Crippen LogP contribution in [0.4, 0.5) is 0 Å². The normalized spacial score (nSPS) is 11.6. The maximum Gasteiger partial charge on any atom is 0.260 e. The van der Waals surface area contributed by atoms with Crippen LogP contribution >= 0.6 is 0 Å². The van der Waals surface area contributed by atoms with Crippen LogP contribution in [0.3, 0.4) is 0 Å². The molecule has 0 spiro atoms. The molecule has 0 aromatic heterocycles. The lowest BCUT2D eigenvalue weighted by molar-refractivity contribution is -0.127. The van der Waals surface area contributed by atoms with E-state index < -0.39 is 6.10 Å². The summed E-state index contributed by atoms with van der Waals surface area (Å²) in [7, 11) is 0. The van der Waals surface area contributed by atoms with Crippen molar-refractivity contribution >= 4 is 5.91 Å². The van der Waals surface area contributed by atoms with Gasteiger partial charge in [-0.05, 0) is 50.6 Å². The molecule has 2 aromatic rings. The van der Waals surface area contributed by atoms with Crippen molar-refractivity contribution in [1.82, 2.24) is 5.32 Å². The predicted octanol–water partition coefficient (Wildman–Crippen LogP) is 3.27. The highest BCUT2D eigenvalue weighted by Gasteiger charge is 2.13. The third-order valence-electron chi connectivity index (χ3n) is 3.36. The second-order valence-electron chi connectivity index (χ2n) is 5.53. The molecule has 1 atom stereocenters. The molecule has 4 heteroatoms.